The Labute approximate surface area is 137 Å². The van der Waals surface area contributed by atoms with Gasteiger partial charge in [0.15, 0.2) is 0 Å². The molecule has 0 saturated carbocycles. The molecule has 0 radical (unpaired) electrons. The van der Waals surface area contributed by atoms with E-state index in [-0.39, 0.29) is 12.5 Å². The van der Waals surface area contributed by atoms with Gasteiger partial charge in [0.1, 0.15) is 18.2 Å². The Morgan fingerprint density at radius 1 is 1.39 bits per heavy atom. The van der Waals surface area contributed by atoms with Gasteiger partial charge >= 0.3 is 6.09 Å². The number of allylic oxidation sites excluding steroid dienone is 2. The monoisotopic (exact) mass is 322 g/mol. The number of nitrogens with one attached hydrogen (secondary N) is 1. The summed E-state index contributed by atoms with van der Waals surface area (Å²) in [7, 11) is 0. The van der Waals surface area contributed by atoms with E-state index in [2.05, 4.69) is 18.5 Å². The second-order valence-electron chi connectivity index (χ2n) is 6.82. The van der Waals surface area contributed by atoms with E-state index < -0.39 is 23.3 Å². The Kier molecular flexibility index (Phi) is 5.77. The number of hydrogen-bond donors (Lipinski definition) is 1. The Bertz CT molecular complexity index is 529. The SMILES string of the molecule is C=C/C=C(\C=C)CON1C(=O)[C@@H](NC(=O)OC(C)(C)C)C1(C)C. The topological polar surface area (TPSA) is 67.9 Å². The second kappa shape index (κ2) is 7.00. The van der Waals surface area contributed by atoms with E-state index in [4.69, 9.17) is 9.57 Å². The van der Waals surface area contributed by atoms with Gasteiger partial charge in [0.05, 0.1) is 5.54 Å². The van der Waals surface area contributed by atoms with Crippen LogP contribution in [0.2, 0.25) is 0 Å². The van der Waals surface area contributed by atoms with Crippen LogP contribution in [0, 0.1) is 0 Å². The van der Waals surface area contributed by atoms with Crippen molar-refractivity contribution in [2.45, 2.75) is 51.8 Å². The average Bonchev–Trinajstić information content (AvgIpc) is 2.41. The minimum Gasteiger partial charge on any atom is -0.444 e. The third-order valence-corrected chi connectivity index (χ3v) is 3.29. The zero-order chi connectivity index (χ0) is 17.8. The van der Waals surface area contributed by atoms with Gasteiger partial charge in [0, 0.05) is 0 Å². The van der Waals surface area contributed by atoms with E-state index in [9.17, 15) is 9.59 Å². The summed E-state index contributed by atoms with van der Waals surface area (Å²) < 4.78 is 5.17. The van der Waals surface area contributed by atoms with Gasteiger partial charge in [-0.1, -0.05) is 31.4 Å². The van der Waals surface area contributed by atoms with Crippen molar-refractivity contribution in [2.24, 2.45) is 0 Å². The maximum absolute atomic E-state index is 12.2. The summed E-state index contributed by atoms with van der Waals surface area (Å²) in [5, 5.41) is 3.85. The molecule has 0 spiro atoms. The molecule has 6 nitrogen and oxygen atoms in total. The van der Waals surface area contributed by atoms with Gasteiger partial charge in [-0.05, 0) is 40.2 Å². The van der Waals surface area contributed by atoms with Gasteiger partial charge in [-0.15, -0.1) is 0 Å². The molecule has 1 atom stereocenters. The molecule has 0 aliphatic carbocycles. The maximum atomic E-state index is 12.2. The highest BCUT2D eigenvalue weighted by Gasteiger charge is 2.56. The number of carbonyl (C=O) groups excluding carboxylic acids is 2. The molecule has 128 valence electrons. The van der Waals surface area contributed by atoms with Crippen molar-refractivity contribution in [1.29, 1.82) is 0 Å². The zero-order valence-electron chi connectivity index (χ0n) is 14.5. The fourth-order valence-electron chi connectivity index (χ4n) is 2.11. The molecule has 0 aromatic heterocycles. The minimum absolute atomic E-state index is 0.198. The number of hydrogen-bond acceptors (Lipinski definition) is 4. The van der Waals surface area contributed by atoms with Crippen LogP contribution in [0.15, 0.2) is 37.0 Å². The molecule has 1 saturated heterocycles. The third-order valence-electron chi connectivity index (χ3n) is 3.29. The quantitative estimate of drug-likeness (QED) is 0.603. The Morgan fingerprint density at radius 2 is 2.00 bits per heavy atom. The molecule has 2 amide bonds. The average molecular weight is 322 g/mol. The molecule has 0 unspecified atom stereocenters. The first-order valence-corrected chi connectivity index (χ1v) is 7.43. The van der Waals surface area contributed by atoms with Crippen LogP contribution in [0.25, 0.3) is 0 Å². The molecule has 1 N–H and O–H groups in total. The van der Waals surface area contributed by atoms with Gasteiger partial charge < -0.3 is 10.1 Å². The lowest BCUT2D eigenvalue weighted by Crippen LogP contribution is -2.76. The van der Waals surface area contributed by atoms with Crippen LogP contribution in [-0.2, 0) is 14.4 Å². The molecule has 1 aliphatic heterocycles. The van der Waals surface area contributed by atoms with Gasteiger partial charge in [-0.2, -0.15) is 0 Å². The highest BCUT2D eigenvalue weighted by Crippen LogP contribution is 2.32. The van der Waals surface area contributed by atoms with Crippen molar-refractivity contribution < 1.29 is 19.2 Å². The molecule has 1 aliphatic rings. The highest BCUT2D eigenvalue weighted by atomic mass is 16.7. The molecule has 0 aromatic carbocycles. The Hall–Kier alpha value is -2.08. The summed E-state index contributed by atoms with van der Waals surface area (Å²) in [6.45, 7) is 16.4. The number of carbonyl (C=O) groups is 2. The number of nitrogens with zero attached hydrogens (tertiary/aromatic N) is 1. The van der Waals surface area contributed by atoms with E-state index >= 15 is 0 Å². The largest absolute Gasteiger partial charge is 0.444 e. The summed E-state index contributed by atoms with van der Waals surface area (Å²) >= 11 is 0. The molecule has 1 heterocycles. The van der Waals surface area contributed by atoms with Crippen molar-refractivity contribution in [3.63, 3.8) is 0 Å². The molecule has 23 heavy (non-hydrogen) atoms. The summed E-state index contributed by atoms with van der Waals surface area (Å²) in [6.07, 6.45) is 4.38. The van der Waals surface area contributed by atoms with E-state index in [0.29, 0.717) is 0 Å². The van der Waals surface area contributed by atoms with Crippen LogP contribution in [0.1, 0.15) is 34.6 Å². The lowest BCUT2D eigenvalue weighted by atomic mass is 9.84. The Morgan fingerprint density at radius 3 is 2.43 bits per heavy atom. The first-order valence-electron chi connectivity index (χ1n) is 7.43. The minimum atomic E-state index is -0.687. The van der Waals surface area contributed by atoms with Crippen LogP contribution < -0.4 is 5.32 Å². The molecule has 6 heteroatoms. The molecule has 0 bridgehead atoms. The predicted octanol–water partition coefficient (Wildman–Crippen LogP) is 2.73. The van der Waals surface area contributed by atoms with E-state index in [1.807, 2.05) is 0 Å². The molecular formula is C17H26N2O4. The predicted molar refractivity (Wildman–Crippen MR) is 88.5 cm³/mol. The Balaban J connectivity index is 2.64. The first-order chi connectivity index (χ1) is 10.5. The van der Waals surface area contributed by atoms with Crippen LogP contribution in [0.5, 0.6) is 0 Å². The number of ether oxygens (including phenoxy) is 1. The molecule has 0 aromatic rings. The number of hydroxylamine groups is 2. The van der Waals surface area contributed by atoms with Crippen molar-refractivity contribution in [2.75, 3.05) is 6.61 Å². The fraction of sp³-hybridized carbons (Fsp3) is 0.529. The van der Waals surface area contributed by atoms with Gasteiger partial charge in [-0.25, -0.2) is 9.86 Å². The third kappa shape index (κ3) is 4.69. The normalized spacial score (nSPS) is 20.6. The molecular weight excluding hydrogens is 296 g/mol. The number of amides is 2. The standard InChI is InChI=1S/C17H26N2O4/c1-8-10-12(9-2)11-22-19-14(20)13(17(19,6)7)18-15(21)23-16(3,4)5/h8-10,13H,1-2,11H2,3-7H3,(H,18,21)/b12-10+/t13-/m1/s1. The summed E-state index contributed by atoms with van der Waals surface area (Å²) in [6, 6.07) is -0.687. The lowest BCUT2D eigenvalue weighted by molar-refractivity contribution is -0.253. The van der Waals surface area contributed by atoms with Crippen molar-refractivity contribution >= 4 is 12.0 Å². The van der Waals surface area contributed by atoms with Crippen molar-refractivity contribution in [3.05, 3.63) is 37.0 Å². The van der Waals surface area contributed by atoms with Crippen molar-refractivity contribution in [1.82, 2.24) is 10.4 Å². The zero-order valence-corrected chi connectivity index (χ0v) is 14.5. The van der Waals surface area contributed by atoms with E-state index in [1.165, 1.54) is 5.06 Å². The van der Waals surface area contributed by atoms with Crippen LogP contribution in [-0.4, -0.2) is 40.9 Å². The smallest absolute Gasteiger partial charge is 0.408 e. The lowest BCUT2D eigenvalue weighted by Gasteiger charge is -2.51. The van der Waals surface area contributed by atoms with Gasteiger partial charge in [-0.3, -0.25) is 9.63 Å². The summed E-state index contributed by atoms with van der Waals surface area (Å²) in [4.78, 5) is 29.6. The number of β-lactam (4-membered cyclic amide) rings is 1. The van der Waals surface area contributed by atoms with E-state index in [0.717, 1.165) is 5.57 Å². The summed E-state index contributed by atoms with van der Waals surface area (Å²) in [5.41, 5.74) is -0.493. The molecule has 1 fully saturated rings. The van der Waals surface area contributed by atoms with Crippen LogP contribution >= 0.6 is 0 Å². The maximum Gasteiger partial charge on any atom is 0.408 e. The van der Waals surface area contributed by atoms with Crippen LogP contribution in [0.3, 0.4) is 0 Å². The fourth-order valence-corrected chi connectivity index (χ4v) is 2.11. The van der Waals surface area contributed by atoms with Crippen molar-refractivity contribution in [3.8, 4) is 0 Å². The molecule has 1 rings (SSSR count). The van der Waals surface area contributed by atoms with Gasteiger partial charge in [0.25, 0.3) is 5.91 Å². The van der Waals surface area contributed by atoms with Crippen LogP contribution in [0.4, 0.5) is 4.79 Å². The number of alkyl carbamates (subject to hydrolysis) is 1. The number of rotatable bonds is 6. The van der Waals surface area contributed by atoms with E-state index in [1.54, 1.807) is 52.8 Å². The first kappa shape index (κ1) is 19.0. The highest BCUT2D eigenvalue weighted by molar-refractivity contribution is 5.92. The second-order valence-corrected chi connectivity index (χ2v) is 6.82. The van der Waals surface area contributed by atoms with Gasteiger partial charge in [0.2, 0.25) is 0 Å². The summed E-state index contributed by atoms with van der Waals surface area (Å²) in [5.74, 6) is -0.317.